The third kappa shape index (κ3) is 2.80. The monoisotopic (exact) mass is 309 g/mol. The van der Waals surface area contributed by atoms with E-state index in [4.69, 9.17) is 4.42 Å². The predicted molar refractivity (Wildman–Crippen MR) is 88.3 cm³/mol. The molecule has 1 fully saturated rings. The average molecular weight is 309 g/mol. The van der Waals surface area contributed by atoms with E-state index in [1.807, 2.05) is 41.1 Å². The van der Waals surface area contributed by atoms with Gasteiger partial charge in [0.05, 0.1) is 11.6 Å². The summed E-state index contributed by atoms with van der Waals surface area (Å²) in [5.74, 6) is -0.251. The maximum absolute atomic E-state index is 12.3. The summed E-state index contributed by atoms with van der Waals surface area (Å²) in [6.07, 6.45) is 5.78. The smallest absolute Gasteiger partial charge is 0.408 e. The minimum Gasteiger partial charge on any atom is -0.408 e. The molecular weight excluding hydrogens is 290 g/mol. The number of hydrogen-bond acceptors (Lipinski definition) is 4. The van der Waals surface area contributed by atoms with Crippen LogP contribution in [-0.4, -0.2) is 27.5 Å². The van der Waals surface area contributed by atoms with Gasteiger partial charge < -0.3 is 4.42 Å². The van der Waals surface area contributed by atoms with Crippen LogP contribution < -0.4 is 5.76 Å². The highest BCUT2D eigenvalue weighted by Crippen LogP contribution is 2.25. The highest BCUT2D eigenvalue weighted by Gasteiger charge is 2.25. The van der Waals surface area contributed by atoms with E-state index in [1.165, 1.54) is 5.56 Å². The van der Waals surface area contributed by atoms with Gasteiger partial charge in [0.15, 0.2) is 5.58 Å². The van der Waals surface area contributed by atoms with Crippen LogP contribution in [0.2, 0.25) is 0 Å². The van der Waals surface area contributed by atoms with Crippen molar-refractivity contribution in [1.82, 2.24) is 14.5 Å². The largest absolute Gasteiger partial charge is 0.420 e. The molecule has 1 aliphatic rings. The van der Waals surface area contributed by atoms with Gasteiger partial charge in [-0.3, -0.25) is 14.5 Å². The van der Waals surface area contributed by atoms with Crippen molar-refractivity contribution in [2.75, 3.05) is 13.1 Å². The molecule has 4 rings (SSSR count). The summed E-state index contributed by atoms with van der Waals surface area (Å²) in [7, 11) is 0. The van der Waals surface area contributed by atoms with Crippen LogP contribution in [0.15, 0.2) is 58.0 Å². The van der Waals surface area contributed by atoms with Crippen molar-refractivity contribution >= 4 is 11.1 Å². The van der Waals surface area contributed by atoms with E-state index in [1.54, 1.807) is 6.20 Å². The molecule has 5 heteroatoms. The molecule has 118 valence electrons. The predicted octanol–water partition coefficient (Wildman–Crippen LogP) is 2.83. The molecule has 23 heavy (non-hydrogen) atoms. The Balaban J connectivity index is 1.59. The minimum absolute atomic E-state index is 0.163. The lowest BCUT2D eigenvalue weighted by Crippen LogP contribution is -2.38. The number of nitrogens with zero attached hydrogens (tertiary/aromatic N) is 3. The van der Waals surface area contributed by atoms with E-state index in [0.29, 0.717) is 5.58 Å². The van der Waals surface area contributed by atoms with Gasteiger partial charge in [-0.2, -0.15) is 0 Å². The first kappa shape index (κ1) is 14.2. The van der Waals surface area contributed by atoms with Gasteiger partial charge >= 0.3 is 5.76 Å². The molecule has 0 bridgehead atoms. The first-order valence-corrected chi connectivity index (χ1v) is 8.02. The molecule has 0 spiro atoms. The fourth-order valence-corrected chi connectivity index (χ4v) is 3.47. The molecule has 0 unspecified atom stereocenters. The number of piperidine rings is 1. The van der Waals surface area contributed by atoms with Crippen LogP contribution in [-0.2, 0) is 6.54 Å². The first-order chi connectivity index (χ1) is 11.3. The van der Waals surface area contributed by atoms with Crippen molar-refractivity contribution in [3.05, 3.63) is 64.9 Å². The molecule has 3 heterocycles. The van der Waals surface area contributed by atoms with Crippen LogP contribution in [0.4, 0.5) is 0 Å². The number of rotatable bonds is 3. The summed E-state index contributed by atoms with van der Waals surface area (Å²) in [5.41, 5.74) is 2.77. The van der Waals surface area contributed by atoms with E-state index in [-0.39, 0.29) is 11.8 Å². The molecule has 0 radical (unpaired) electrons. The average Bonchev–Trinajstić information content (AvgIpc) is 2.92. The van der Waals surface area contributed by atoms with E-state index in [9.17, 15) is 4.79 Å². The molecule has 5 nitrogen and oxygen atoms in total. The molecule has 0 amide bonds. The Kier molecular flexibility index (Phi) is 3.71. The van der Waals surface area contributed by atoms with Gasteiger partial charge in [-0.25, -0.2) is 4.79 Å². The molecular formula is C18H19N3O2. The molecule has 1 atom stereocenters. The molecule has 1 saturated heterocycles. The summed E-state index contributed by atoms with van der Waals surface area (Å²) < 4.78 is 7.21. The lowest BCUT2D eigenvalue weighted by Gasteiger charge is -2.32. The van der Waals surface area contributed by atoms with Crippen molar-refractivity contribution in [3.63, 3.8) is 0 Å². The van der Waals surface area contributed by atoms with Crippen LogP contribution in [0.5, 0.6) is 0 Å². The van der Waals surface area contributed by atoms with Crippen LogP contribution in [0.3, 0.4) is 0 Å². The maximum Gasteiger partial charge on any atom is 0.420 e. The van der Waals surface area contributed by atoms with E-state index < -0.39 is 0 Å². The topological polar surface area (TPSA) is 51.3 Å². The fraction of sp³-hybridized carbons (Fsp3) is 0.333. The first-order valence-electron chi connectivity index (χ1n) is 8.02. The molecule has 0 aliphatic carbocycles. The second-order valence-electron chi connectivity index (χ2n) is 6.10. The molecule has 0 N–H and O–H groups in total. The van der Waals surface area contributed by atoms with Gasteiger partial charge in [-0.1, -0.05) is 18.2 Å². The highest BCUT2D eigenvalue weighted by molar-refractivity contribution is 5.72. The van der Waals surface area contributed by atoms with Gasteiger partial charge in [-0.05, 0) is 43.1 Å². The number of hydrogen-bond donors (Lipinski definition) is 0. The third-order valence-electron chi connectivity index (χ3n) is 4.49. The molecule has 2 aromatic heterocycles. The van der Waals surface area contributed by atoms with E-state index in [2.05, 4.69) is 16.0 Å². The third-order valence-corrected chi connectivity index (χ3v) is 4.49. The summed E-state index contributed by atoms with van der Waals surface area (Å²) in [5, 5.41) is 0. The number of para-hydroxylation sites is 2. The normalized spacial score (nSPS) is 19.2. The SMILES string of the molecule is O=c1oc2ccccc2n1[C@H]1CCCN(Cc2cccnc2)C1. The second kappa shape index (κ2) is 6.01. The zero-order valence-electron chi connectivity index (χ0n) is 12.9. The molecule has 3 aromatic rings. The number of aromatic nitrogens is 2. The van der Waals surface area contributed by atoms with Crippen LogP contribution in [0, 0.1) is 0 Å². The van der Waals surface area contributed by atoms with Crippen molar-refractivity contribution in [1.29, 1.82) is 0 Å². The fourth-order valence-electron chi connectivity index (χ4n) is 3.47. The van der Waals surface area contributed by atoms with Crippen molar-refractivity contribution in [2.45, 2.75) is 25.4 Å². The molecule has 1 aliphatic heterocycles. The highest BCUT2D eigenvalue weighted by atomic mass is 16.4. The van der Waals surface area contributed by atoms with Gasteiger partial charge in [0.1, 0.15) is 0 Å². The Bertz CT molecular complexity index is 853. The molecule has 1 aromatic carbocycles. The van der Waals surface area contributed by atoms with Crippen LogP contribution in [0.1, 0.15) is 24.4 Å². The maximum atomic E-state index is 12.3. The lowest BCUT2D eigenvalue weighted by molar-refractivity contribution is 0.167. The number of benzene rings is 1. The Labute approximate surface area is 134 Å². The van der Waals surface area contributed by atoms with Gasteiger partial charge in [0.2, 0.25) is 0 Å². The zero-order chi connectivity index (χ0) is 15.6. The number of fused-ring (bicyclic) bond motifs is 1. The summed E-state index contributed by atoms with van der Waals surface area (Å²) in [4.78, 5) is 18.8. The quantitative estimate of drug-likeness (QED) is 0.746. The van der Waals surface area contributed by atoms with Crippen LogP contribution >= 0.6 is 0 Å². The summed E-state index contributed by atoms with van der Waals surface area (Å²) in [6, 6.07) is 11.9. The lowest BCUT2D eigenvalue weighted by atomic mass is 10.0. The van der Waals surface area contributed by atoms with E-state index >= 15 is 0 Å². The van der Waals surface area contributed by atoms with Gasteiger partial charge in [-0.15, -0.1) is 0 Å². The van der Waals surface area contributed by atoms with Crippen molar-refractivity contribution in [2.24, 2.45) is 0 Å². The minimum atomic E-state index is -0.251. The summed E-state index contributed by atoms with van der Waals surface area (Å²) >= 11 is 0. The molecule has 0 saturated carbocycles. The van der Waals surface area contributed by atoms with Crippen molar-refractivity contribution < 1.29 is 4.42 Å². The standard InChI is InChI=1S/C18H19N3O2/c22-18-21(16-7-1-2-8-17(16)23-18)15-6-4-10-20(13-15)12-14-5-3-9-19-11-14/h1-3,5,7-9,11,15H,4,6,10,12-13H2/t15-/m0/s1. The van der Waals surface area contributed by atoms with E-state index in [0.717, 1.165) is 38.0 Å². The second-order valence-corrected chi connectivity index (χ2v) is 6.10. The Morgan fingerprint density at radius 2 is 2.13 bits per heavy atom. The Hall–Kier alpha value is -2.40. The number of likely N-dealkylation sites (tertiary alicyclic amines) is 1. The Morgan fingerprint density at radius 3 is 3.00 bits per heavy atom. The Morgan fingerprint density at radius 1 is 1.22 bits per heavy atom. The zero-order valence-corrected chi connectivity index (χ0v) is 12.9. The number of pyridine rings is 1. The van der Waals surface area contributed by atoms with Crippen LogP contribution in [0.25, 0.3) is 11.1 Å². The summed E-state index contributed by atoms with van der Waals surface area (Å²) in [6.45, 7) is 2.78. The number of oxazole rings is 1. The van der Waals surface area contributed by atoms with Gasteiger partial charge in [0, 0.05) is 25.5 Å². The van der Waals surface area contributed by atoms with Gasteiger partial charge in [0.25, 0.3) is 0 Å². The van der Waals surface area contributed by atoms with Crippen molar-refractivity contribution in [3.8, 4) is 0 Å².